The highest BCUT2D eigenvalue weighted by molar-refractivity contribution is 9.11. The SMILES string of the molecule is CCCOc1ccc(CN2C(=O)NC(=O)/C(=C\c3cc(Br)c(OCc4ccc(Cl)cc4)c(Br)c3)C2=O)cc1OC. The Morgan fingerprint density at radius 1 is 0.925 bits per heavy atom. The van der Waals surface area contributed by atoms with Gasteiger partial charge in [-0.3, -0.25) is 19.8 Å². The maximum atomic E-state index is 13.3. The van der Waals surface area contributed by atoms with Gasteiger partial charge in [-0.25, -0.2) is 4.79 Å². The maximum Gasteiger partial charge on any atom is 0.331 e. The fourth-order valence-electron chi connectivity index (χ4n) is 3.87. The molecule has 0 saturated carbocycles. The van der Waals surface area contributed by atoms with E-state index in [0.29, 0.717) is 55.6 Å². The molecule has 1 N–H and O–H groups in total. The molecular weight excluding hydrogens is 668 g/mol. The van der Waals surface area contributed by atoms with Crippen LogP contribution in [0.1, 0.15) is 30.0 Å². The molecule has 0 aliphatic carbocycles. The minimum absolute atomic E-state index is 0.0649. The molecule has 40 heavy (non-hydrogen) atoms. The Kier molecular flexibility index (Phi) is 9.89. The monoisotopic (exact) mass is 690 g/mol. The third-order valence-corrected chi connectivity index (χ3v) is 7.27. The zero-order valence-corrected chi connectivity index (χ0v) is 25.6. The van der Waals surface area contributed by atoms with Gasteiger partial charge in [0.25, 0.3) is 11.8 Å². The molecule has 3 aromatic rings. The van der Waals surface area contributed by atoms with Crippen molar-refractivity contribution in [1.29, 1.82) is 0 Å². The van der Waals surface area contributed by atoms with Crippen molar-refractivity contribution < 1.29 is 28.6 Å². The van der Waals surface area contributed by atoms with E-state index in [0.717, 1.165) is 16.9 Å². The average molecular weight is 693 g/mol. The predicted molar refractivity (Wildman–Crippen MR) is 158 cm³/mol. The lowest BCUT2D eigenvalue weighted by molar-refractivity contribution is -0.130. The summed E-state index contributed by atoms with van der Waals surface area (Å²) in [6.45, 7) is 2.77. The van der Waals surface area contributed by atoms with E-state index in [1.165, 1.54) is 13.2 Å². The third kappa shape index (κ3) is 7.04. The molecule has 208 valence electrons. The maximum absolute atomic E-state index is 13.3. The van der Waals surface area contributed by atoms with Crippen LogP contribution >= 0.6 is 43.5 Å². The van der Waals surface area contributed by atoms with Crippen molar-refractivity contribution in [2.45, 2.75) is 26.5 Å². The van der Waals surface area contributed by atoms with E-state index in [2.05, 4.69) is 37.2 Å². The molecule has 4 rings (SSSR count). The first-order valence-corrected chi connectivity index (χ1v) is 14.2. The van der Waals surface area contributed by atoms with Gasteiger partial charge in [0.2, 0.25) is 0 Å². The number of halogens is 3. The molecule has 0 atom stereocenters. The molecule has 0 bridgehead atoms. The lowest BCUT2D eigenvalue weighted by Crippen LogP contribution is -2.53. The number of ether oxygens (including phenoxy) is 3. The number of imide groups is 2. The van der Waals surface area contributed by atoms with Gasteiger partial charge in [0, 0.05) is 5.02 Å². The van der Waals surface area contributed by atoms with Crippen LogP contribution in [0.3, 0.4) is 0 Å². The number of hydrogen-bond acceptors (Lipinski definition) is 6. The number of hydrogen-bond donors (Lipinski definition) is 1. The molecule has 1 aliphatic heterocycles. The molecule has 0 radical (unpaired) electrons. The average Bonchev–Trinajstić information content (AvgIpc) is 2.93. The lowest BCUT2D eigenvalue weighted by atomic mass is 10.1. The smallest absolute Gasteiger partial charge is 0.331 e. The summed E-state index contributed by atoms with van der Waals surface area (Å²) in [6, 6.07) is 15.1. The Hall–Kier alpha value is -3.34. The van der Waals surface area contributed by atoms with Crippen molar-refractivity contribution >= 4 is 67.4 Å². The summed E-state index contributed by atoms with van der Waals surface area (Å²) >= 11 is 12.9. The largest absolute Gasteiger partial charge is 0.493 e. The molecule has 8 nitrogen and oxygen atoms in total. The number of methoxy groups -OCH3 is 1. The van der Waals surface area contributed by atoms with Gasteiger partial charge in [-0.1, -0.05) is 36.7 Å². The minimum atomic E-state index is -0.800. The number of rotatable bonds is 10. The highest BCUT2D eigenvalue weighted by Gasteiger charge is 2.36. The van der Waals surface area contributed by atoms with Gasteiger partial charge >= 0.3 is 6.03 Å². The number of amides is 4. The van der Waals surface area contributed by atoms with Crippen LogP contribution in [0.4, 0.5) is 4.79 Å². The van der Waals surface area contributed by atoms with Crippen LogP contribution in [0.15, 0.2) is 69.1 Å². The topological polar surface area (TPSA) is 94.2 Å². The second kappa shape index (κ2) is 13.3. The number of benzene rings is 3. The zero-order valence-electron chi connectivity index (χ0n) is 21.6. The van der Waals surface area contributed by atoms with Crippen molar-refractivity contribution in [3.63, 3.8) is 0 Å². The van der Waals surface area contributed by atoms with Crippen molar-refractivity contribution in [2.24, 2.45) is 0 Å². The van der Waals surface area contributed by atoms with Crippen molar-refractivity contribution in [2.75, 3.05) is 13.7 Å². The molecule has 4 amide bonds. The van der Waals surface area contributed by atoms with Gasteiger partial charge in [0.1, 0.15) is 17.9 Å². The quantitative estimate of drug-likeness (QED) is 0.184. The van der Waals surface area contributed by atoms with Gasteiger partial charge in [-0.15, -0.1) is 0 Å². The highest BCUT2D eigenvalue weighted by atomic mass is 79.9. The Morgan fingerprint density at radius 2 is 1.60 bits per heavy atom. The molecule has 0 unspecified atom stereocenters. The van der Waals surface area contributed by atoms with Gasteiger partial charge in [-0.05, 0) is 97.4 Å². The number of barbiturate groups is 1. The normalized spacial score (nSPS) is 14.4. The molecule has 0 aromatic heterocycles. The van der Waals surface area contributed by atoms with E-state index in [1.54, 1.807) is 42.5 Å². The number of nitrogens with zero attached hydrogens (tertiary/aromatic N) is 1. The molecule has 11 heteroatoms. The summed E-state index contributed by atoms with van der Waals surface area (Å²) < 4.78 is 18.2. The highest BCUT2D eigenvalue weighted by Crippen LogP contribution is 2.36. The van der Waals surface area contributed by atoms with Gasteiger partial charge in [0.05, 0.1) is 29.2 Å². The predicted octanol–water partition coefficient (Wildman–Crippen LogP) is 6.90. The minimum Gasteiger partial charge on any atom is -0.493 e. The molecule has 1 saturated heterocycles. The van der Waals surface area contributed by atoms with Crippen LogP contribution in [-0.2, 0) is 22.7 Å². The van der Waals surface area contributed by atoms with Crippen LogP contribution in [0.5, 0.6) is 17.2 Å². The van der Waals surface area contributed by atoms with E-state index < -0.39 is 17.8 Å². The summed E-state index contributed by atoms with van der Waals surface area (Å²) in [4.78, 5) is 39.5. The van der Waals surface area contributed by atoms with E-state index in [9.17, 15) is 14.4 Å². The first-order valence-electron chi connectivity index (χ1n) is 12.2. The van der Waals surface area contributed by atoms with Crippen molar-refractivity contribution in [3.05, 3.63) is 90.8 Å². The van der Waals surface area contributed by atoms with Crippen LogP contribution in [0.2, 0.25) is 5.02 Å². The molecule has 1 aliphatic rings. The number of carbonyl (C=O) groups excluding carboxylic acids is 3. The number of carbonyl (C=O) groups is 3. The Morgan fingerprint density at radius 3 is 2.25 bits per heavy atom. The van der Waals surface area contributed by atoms with Crippen LogP contribution < -0.4 is 19.5 Å². The second-order valence-electron chi connectivity index (χ2n) is 8.77. The van der Waals surface area contributed by atoms with Crippen LogP contribution in [0, 0.1) is 0 Å². The van der Waals surface area contributed by atoms with E-state index in [-0.39, 0.29) is 12.1 Å². The van der Waals surface area contributed by atoms with E-state index in [1.807, 2.05) is 19.1 Å². The van der Waals surface area contributed by atoms with Gasteiger partial charge in [0.15, 0.2) is 11.5 Å². The molecule has 1 heterocycles. The van der Waals surface area contributed by atoms with Gasteiger partial charge < -0.3 is 14.2 Å². The number of nitrogens with one attached hydrogen (secondary N) is 1. The van der Waals surface area contributed by atoms with E-state index >= 15 is 0 Å². The Bertz CT molecular complexity index is 1450. The first kappa shape index (κ1) is 29.6. The van der Waals surface area contributed by atoms with Crippen LogP contribution in [0.25, 0.3) is 6.08 Å². The summed E-state index contributed by atoms with van der Waals surface area (Å²) in [5, 5.41) is 2.89. The van der Waals surface area contributed by atoms with E-state index in [4.69, 9.17) is 25.8 Å². The van der Waals surface area contributed by atoms with Crippen LogP contribution in [-0.4, -0.2) is 36.5 Å². The standard InChI is InChI=1S/C29H25Br2ClN2O6/c1-3-10-39-24-9-6-18(14-25(24)38-2)15-34-28(36)21(27(35)33-29(34)37)11-19-12-22(30)26(23(31)13-19)40-16-17-4-7-20(32)8-5-17/h4-9,11-14H,3,10,15-16H2,1-2H3,(H,33,35,37)/b21-11+. The summed E-state index contributed by atoms with van der Waals surface area (Å²) in [7, 11) is 1.51. The summed E-state index contributed by atoms with van der Waals surface area (Å²) in [5.74, 6) is 0.108. The molecule has 0 spiro atoms. The summed E-state index contributed by atoms with van der Waals surface area (Å²) in [5.41, 5.74) is 1.93. The summed E-state index contributed by atoms with van der Waals surface area (Å²) in [6.07, 6.45) is 2.26. The fraction of sp³-hybridized carbons (Fsp3) is 0.207. The third-order valence-electron chi connectivity index (χ3n) is 5.84. The fourth-order valence-corrected chi connectivity index (χ4v) is 5.44. The second-order valence-corrected chi connectivity index (χ2v) is 10.9. The Labute approximate surface area is 253 Å². The molecular formula is C29H25Br2ClN2O6. The zero-order chi connectivity index (χ0) is 28.8. The number of urea groups is 1. The first-order chi connectivity index (χ1) is 19.2. The Balaban J connectivity index is 1.53. The molecule has 1 fully saturated rings. The molecule has 3 aromatic carbocycles. The lowest BCUT2D eigenvalue weighted by Gasteiger charge is -2.26. The van der Waals surface area contributed by atoms with Gasteiger partial charge in [-0.2, -0.15) is 0 Å². The van der Waals surface area contributed by atoms with Crippen molar-refractivity contribution in [1.82, 2.24) is 10.2 Å². The van der Waals surface area contributed by atoms with Crippen molar-refractivity contribution in [3.8, 4) is 17.2 Å².